The summed E-state index contributed by atoms with van der Waals surface area (Å²) in [5, 5.41) is 0. The fourth-order valence-electron chi connectivity index (χ4n) is 2.95. The van der Waals surface area contributed by atoms with Crippen LogP contribution in [0.25, 0.3) is 0 Å². The van der Waals surface area contributed by atoms with Gasteiger partial charge in [0.1, 0.15) is 23.4 Å². The van der Waals surface area contributed by atoms with Crippen LogP contribution >= 0.6 is 12.4 Å². The number of ether oxygens (including phenoxy) is 3. The SMILES string of the molecule is CCCC(CN(CC)CC)Oc1ccc(C(=O)Oc2ccc(OC)cc2)cc1.Cl. The molecule has 0 fully saturated rings. The normalized spacial score (nSPS) is 11.5. The summed E-state index contributed by atoms with van der Waals surface area (Å²) < 4.78 is 16.7. The van der Waals surface area contributed by atoms with Gasteiger partial charge in [0.25, 0.3) is 0 Å². The molecule has 0 radical (unpaired) electrons. The van der Waals surface area contributed by atoms with E-state index in [2.05, 4.69) is 25.7 Å². The second-order valence-corrected chi connectivity index (χ2v) is 6.60. The number of halogens is 1. The van der Waals surface area contributed by atoms with Crippen LogP contribution in [-0.4, -0.2) is 43.7 Å². The van der Waals surface area contributed by atoms with Crippen molar-refractivity contribution in [3.05, 3.63) is 54.1 Å². The predicted octanol–water partition coefficient (Wildman–Crippen LogP) is 5.23. The van der Waals surface area contributed by atoms with E-state index >= 15 is 0 Å². The summed E-state index contributed by atoms with van der Waals surface area (Å²) >= 11 is 0. The summed E-state index contributed by atoms with van der Waals surface area (Å²) in [6.07, 6.45) is 2.21. The molecular formula is C23H32ClNO4. The number of benzene rings is 2. The lowest BCUT2D eigenvalue weighted by atomic mass is 10.2. The smallest absolute Gasteiger partial charge is 0.343 e. The third-order valence-corrected chi connectivity index (χ3v) is 4.63. The minimum Gasteiger partial charge on any atom is -0.497 e. The first-order valence-corrected chi connectivity index (χ1v) is 9.94. The van der Waals surface area contributed by atoms with Crippen LogP contribution in [0.2, 0.25) is 0 Å². The number of hydrogen-bond donors (Lipinski definition) is 0. The third kappa shape index (κ3) is 7.95. The highest BCUT2D eigenvalue weighted by Gasteiger charge is 2.14. The van der Waals surface area contributed by atoms with E-state index in [1.807, 2.05) is 12.1 Å². The average Bonchev–Trinajstić information content (AvgIpc) is 2.73. The minimum atomic E-state index is -0.398. The second-order valence-electron chi connectivity index (χ2n) is 6.60. The number of methoxy groups -OCH3 is 1. The van der Waals surface area contributed by atoms with Gasteiger partial charge in [0.05, 0.1) is 12.7 Å². The highest BCUT2D eigenvalue weighted by Crippen LogP contribution is 2.20. The van der Waals surface area contributed by atoms with Crippen LogP contribution in [0.15, 0.2) is 48.5 Å². The molecule has 1 atom stereocenters. The van der Waals surface area contributed by atoms with Gasteiger partial charge in [-0.2, -0.15) is 0 Å². The molecule has 0 aliphatic carbocycles. The molecule has 6 heteroatoms. The van der Waals surface area contributed by atoms with Gasteiger partial charge in [0, 0.05) is 6.54 Å². The van der Waals surface area contributed by atoms with Crippen LogP contribution in [0, 0.1) is 0 Å². The lowest BCUT2D eigenvalue weighted by Gasteiger charge is -2.26. The number of carbonyl (C=O) groups is 1. The largest absolute Gasteiger partial charge is 0.497 e. The second kappa shape index (κ2) is 13.1. The Morgan fingerprint density at radius 1 is 0.897 bits per heavy atom. The van der Waals surface area contributed by atoms with Gasteiger partial charge in [0.2, 0.25) is 0 Å². The van der Waals surface area contributed by atoms with Crippen molar-refractivity contribution in [3.8, 4) is 17.2 Å². The first kappa shape index (κ1) is 24.8. The molecule has 160 valence electrons. The fourth-order valence-corrected chi connectivity index (χ4v) is 2.95. The molecule has 29 heavy (non-hydrogen) atoms. The van der Waals surface area contributed by atoms with Gasteiger partial charge in [0.15, 0.2) is 0 Å². The van der Waals surface area contributed by atoms with Gasteiger partial charge in [-0.1, -0.05) is 27.2 Å². The standard InChI is InChI=1S/C23H31NO4.ClH/c1-5-8-22(17-24(6-2)7-3)27-20-11-9-18(10-12-20)23(25)28-21-15-13-19(26-4)14-16-21;/h9-16,22H,5-8,17H2,1-4H3;1H. The van der Waals surface area contributed by atoms with Crippen molar-refractivity contribution >= 4 is 18.4 Å². The lowest BCUT2D eigenvalue weighted by Crippen LogP contribution is -2.35. The molecule has 0 saturated carbocycles. The summed E-state index contributed by atoms with van der Waals surface area (Å²) in [5.41, 5.74) is 0.485. The summed E-state index contributed by atoms with van der Waals surface area (Å²) in [5.74, 6) is 1.57. The Labute approximate surface area is 180 Å². The maximum atomic E-state index is 12.3. The highest BCUT2D eigenvalue weighted by molar-refractivity contribution is 5.91. The number of hydrogen-bond acceptors (Lipinski definition) is 5. The third-order valence-electron chi connectivity index (χ3n) is 4.63. The Hall–Kier alpha value is -2.24. The minimum absolute atomic E-state index is 0. The van der Waals surface area contributed by atoms with Crippen molar-refractivity contribution in [2.45, 2.75) is 39.7 Å². The van der Waals surface area contributed by atoms with Crippen molar-refractivity contribution in [1.29, 1.82) is 0 Å². The molecule has 5 nitrogen and oxygen atoms in total. The van der Waals surface area contributed by atoms with E-state index < -0.39 is 5.97 Å². The predicted molar refractivity (Wildman–Crippen MR) is 119 cm³/mol. The molecule has 0 saturated heterocycles. The summed E-state index contributed by atoms with van der Waals surface area (Å²) in [7, 11) is 1.59. The Morgan fingerprint density at radius 2 is 1.45 bits per heavy atom. The molecule has 0 aliphatic rings. The van der Waals surface area contributed by atoms with Crippen LogP contribution in [0.1, 0.15) is 44.0 Å². The molecule has 1 unspecified atom stereocenters. The van der Waals surface area contributed by atoms with Gasteiger partial charge in [-0.05, 0) is 68.0 Å². The quantitative estimate of drug-likeness (QED) is 0.367. The maximum absolute atomic E-state index is 12.3. The van der Waals surface area contributed by atoms with E-state index in [4.69, 9.17) is 14.2 Å². The zero-order chi connectivity index (χ0) is 20.4. The number of likely N-dealkylation sites (N-methyl/N-ethyl adjacent to an activating group) is 1. The van der Waals surface area contributed by atoms with Crippen LogP contribution < -0.4 is 14.2 Å². The summed E-state index contributed by atoms with van der Waals surface area (Å²) in [4.78, 5) is 14.7. The van der Waals surface area contributed by atoms with Gasteiger partial charge in [-0.3, -0.25) is 0 Å². The molecule has 2 aromatic rings. The highest BCUT2D eigenvalue weighted by atomic mass is 35.5. The van der Waals surface area contributed by atoms with Crippen LogP contribution in [0.3, 0.4) is 0 Å². The first-order chi connectivity index (χ1) is 13.6. The number of esters is 1. The van der Waals surface area contributed by atoms with E-state index in [0.717, 1.165) is 38.2 Å². The monoisotopic (exact) mass is 421 g/mol. The molecule has 2 aromatic carbocycles. The van der Waals surface area contributed by atoms with E-state index in [-0.39, 0.29) is 18.5 Å². The number of nitrogens with zero attached hydrogens (tertiary/aromatic N) is 1. The Bertz CT molecular complexity index is 715. The molecule has 0 spiro atoms. The van der Waals surface area contributed by atoms with Gasteiger partial charge < -0.3 is 19.1 Å². The maximum Gasteiger partial charge on any atom is 0.343 e. The Kier molecular flexibility index (Phi) is 11.2. The van der Waals surface area contributed by atoms with E-state index in [9.17, 15) is 4.79 Å². The molecule has 0 aromatic heterocycles. The van der Waals surface area contributed by atoms with Crippen molar-refractivity contribution in [3.63, 3.8) is 0 Å². The number of carbonyl (C=O) groups excluding carboxylic acids is 1. The summed E-state index contributed by atoms with van der Waals surface area (Å²) in [6.45, 7) is 9.41. The fraction of sp³-hybridized carbons (Fsp3) is 0.435. The molecule has 0 heterocycles. The first-order valence-electron chi connectivity index (χ1n) is 9.94. The van der Waals surface area contributed by atoms with E-state index in [0.29, 0.717) is 17.1 Å². The van der Waals surface area contributed by atoms with Gasteiger partial charge in [-0.25, -0.2) is 4.79 Å². The molecule has 0 amide bonds. The molecule has 2 rings (SSSR count). The van der Waals surface area contributed by atoms with Crippen LogP contribution in [0.4, 0.5) is 0 Å². The molecular weight excluding hydrogens is 390 g/mol. The molecule has 0 aliphatic heterocycles. The van der Waals surface area contributed by atoms with E-state index in [1.54, 1.807) is 43.5 Å². The lowest BCUT2D eigenvalue weighted by molar-refractivity contribution is 0.0734. The zero-order valence-electron chi connectivity index (χ0n) is 17.7. The Morgan fingerprint density at radius 3 is 1.97 bits per heavy atom. The van der Waals surface area contributed by atoms with Crippen LogP contribution in [0.5, 0.6) is 17.2 Å². The summed E-state index contributed by atoms with van der Waals surface area (Å²) in [6, 6.07) is 14.0. The molecule has 0 bridgehead atoms. The van der Waals surface area contributed by atoms with Crippen LogP contribution in [-0.2, 0) is 0 Å². The van der Waals surface area contributed by atoms with Crippen molar-refractivity contribution in [2.24, 2.45) is 0 Å². The van der Waals surface area contributed by atoms with Crippen molar-refractivity contribution < 1.29 is 19.0 Å². The zero-order valence-corrected chi connectivity index (χ0v) is 18.5. The van der Waals surface area contributed by atoms with Crippen molar-refractivity contribution in [1.82, 2.24) is 4.90 Å². The van der Waals surface area contributed by atoms with Crippen molar-refractivity contribution in [2.75, 3.05) is 26.7 Å². The molecule has 0 N–H and O–H groups in total. The average molecular weight is 422 g/mol. The van der Waals surface area contributed by atoms with E-state index in [1.165, 1.54) is 0 Å². The number of rotatable bonds is 11. The topological polar surface area (TPSA) is 48.0 Å². The van der Waals surface area contributed by atoms with Gasteiger partial charge in [-0.15, -0.1) is 12.4 Å². The Balaban J connectivity index is 0.00000420. The van der Waals surface area contributed by atoms with Gasteiger partial charge >= 0.3 is 5.97 Å².